The van der Waals surface area contributed by atoms with Crippen molar-refractivity contribution in [1.29, 1.82) is 0 Å². The van der Waals surface area contributed by atoms with E-state index in [0.29, 0.717) is 4.88 Å². The molecule has 8 heteroatoms. The molecular formula is C17H16F3NO3S. The third-order valence-electron chi connectivity index (χ3n) is 3.17. The summed E-state index contributed by atoms with van der Waals surface area (Å²) in [5.74, 6) is -0.815. The Kier molecular flexibility index (Phi) is 6.33. The summed E-state index contributed by atoms with van der Waals surface area (Å²) >= 11 is 1.27. The Balaban J connectivity index is 2.03. The molecule has 0 aliphatic heterocycles. The zero-order valence-corrected chi connectivity index (χ0v) is 14.1. The Bertz CT molecular complexity index is 729. The van der Waals surface area contributed by atoms with Gasteiger partial charge < -0.3 is 10.1 Å². The van der Waals surface area contributed by atoms with Crippen molar-refractivity contribution in [1.82, 2.24) is 5.32 Å². The molecule has 0 spiro atoms. The van der Waals surface area contributed by atoms with Crippen molar-refractivity contribution in [2.75, 3.05) is 13.2 Å². The fourth-order valence-corrected chi connectivity index (χ4v) is 2.79. The summed E-state index contributed by atoms with van der Waals surface area (Å²) in [4.78, 5) is 25.4. The minimum atomic E-state index is -4.41. The topological polar surface area (TPSA) is 55.4 Å². The van der Waals surface area contributed by atoms with Crippen LogP contribution in [0.25, 0.3) is 0 Å². The third-order valence-corrected chi connectivity index (χ3v) is 4.04. The number of hydrogen-bond donors (Lipinski definition) is 1. The molecule has 1 unspecified atom stereocenters. The quantitative estimate of drug-likeness (QED) is 0.756. The average Bonchev–Trinajstić information content (AvgIpc) is 3.07. The summed E-state index contributed by atoms with van der Waals surface area (Å²) in [6, 6.07) is 9.06. The van der Waals surface area contributed by atoms with E-state index in [2.05, 4.69) is 10.1 Å². The largest absolute Gasteiger partial charge is 0.411 e. The maximum absolute atomic E-state index is 12.5. The van der Waals surface area contributed by atoms with Crippen LogP contribution in [0.1, 0.15) is 32.5 Å². The first-order valence-electron chi connectivity index (χ1n) is 7.40. The molecule has 2 aromatic rings. The Morgan fingerprint density at radius 1 is 1.16 bits per heavy atom. The number of halogens is 3. The summed E-state index contributed by atoms with van der Waals surface area (Å²) in [6.45, 7) is -0.134. The van der Waals surface area contributed by atoms with Crippen LogP contribution in [-0.4, -0.2) is 37.1 Å². The highest BCUT2D eigenvalue weighted by molar-refractivity contribution is 7.12. The van der Waals surface area contributed by atoms with Gasteiger partial charge in [0, 0.05) is 11.6 Å². The van der Waals surface area contributed by atoms with E-state index in [4.69, 9.17) is 0 Å². The lowest BCUT2D eigenvalue weighted by Gasteiger charge is -2.16. The van der Waals surface area contributed by atoms with E-state index in [1.807, 2.05) is 0 Å². The molecule has 0 aliphatic rings. The highest BCUT2D eigenvalue weighted by Gasteiger charge is 2.28. The average molecular weight is 371 g/mol. The Morgan fingerprint density at radius 3 is 2.44 bits per heavy atom. The van der Waals surface area contributed by atoms with Gasteiger partial charge in [-0.2, -0.15) is 13.2 Å². The maximum Gasteiger partial charge on any atom is 0.411 e. The number of alkyl halides is 3. The van der Waals surface area contributed by atoms with Crippen LogP contribution >= 0.6 is 11.3 Å². The second kappa shape index (κ2) is 8.26. The predicted molar refractivity (Wildman–Crippen MR) is 88.0 cm³/mol. The van der Waals surface area contributed by atoms with E-state index < -0.39 is 24.7 Å². The molecule has 1 atom stereocenters. The standard InChI is InChI=1S/C17H16F3NO3S/c1-11(9-24-10-17(18,19)20)21-16(23)13-6-3-2-5-12(13)15(22)14-7-4-8-25-14/h2-8,11H,9-10H2,1H3,(H,21,23). The number of ketones is 1. The SMILES string of the molecule is CC(COCC(F)(F)F)NC(=O)c1ccccc1C(=O)c1cccs1. The van der Waals surface area contributed by atoms with Gasteiger partial charge in [-0.1, -0.05) is 24.3 Å². The fourth-order valence-electron chi connectivity index (χ4n) is 2.11. The highest BCUT2D eigenvalue weighted by Crippen LogP contribution is 2.18. The van der Waals surface area contributed by atoms with Gasteiger partial charge in [0.2, 0.25) is 5.78 Å². The van der Waals surface area contributed by atoms with Crippen molar-refractivity contribution in [3.8, 4) is 0 Å². The second-order valence-electron chi connectivity index (χ2n) is 5.36. The van der Waals surface area contributed by atoms with Crippen LogP contribution in [0.2, 0.25) is 0 Å². The molecule has 2 rings (SSSR count). The third kappa shape index (κ3) is 5.68. The molecule has 134 valence electrons. The van der Waals surface area contributed by atoms with E-state index in [9.17, 15) is 22.8 Å². The van der Waals surface area contributed by atoms with Gasteiger partial charge in [0.1, 0.15) is 6.61 Å². The number of nitrogens with one attached hydrogen (secondary N) is 1. The van der Waals surface area contributed by atoms with Gasteiger partial charge in [0.25, 0.3) is 5.91 Å². The lowest BCUT2D eigenvalue weighted by molar-refractivity contribution is -0.174. The first-order chi connectivity index (χ1) is 11.8. The molecule has 0 aliphatic carbocycles. The number of hydrogen-bond acceptors (Lipinski definition) is 4. The van der Waals surface area contributed by atoms with E-state index >= 15 is 0 Å². The number of rotatable bonds is 7. The molecular weight excluding hydrogens is 355 g/mol. The molecule has 0 fully saturated rings. The summed E-state index contributed by atoms with van der Waals surface area (Å²) < 4.78 is 40.7. The van der Waals surface area contributed by atoms with E-state index in [-0.39, 0.29) is 23.5 Å². The molecule has 0 saturated heterocycles. The number of thiophene rings is 1. The number of ether oxygens (including phenoxy) is 1. The molecule has 1 aromatic carbocycles. The summed E-state index contributed by atoms with van der Waals surface area (Å²) in [6.07, 6.45) is -4.41. The van der Waals surface area contributed by atoms with Crippen LogP contribution in [0.4, 0.5) is 13.2 Å². The number of carbonyl (C=O) groups is 2. The predicted octanol–water partition coefficient (Wildman–Crippen LogP) is 3.68. The van der Waals surface area contributed by atoms with E-state index in [1.54, 1.807) is 35.7 Å². The zero-order valence-electron chi connectivity index (χ0n) is 13.3. The number of carbonyl (C=O) groups excluding carboxylic acids is 2. The van der Waals surface area contributed by atoms with Gasteiger partial charge in [-0.3, -0.25) is 9.59 Å². The lowest BCUT2D eigenvalue weighted by Crippen LogP contribution is -2.37. The van der Waals surface area contributed by atoms with Gasteiger partial charge in [-0.15, -0.1) is 11.3 Å². The summed E-state index contributed by atoms with van der Waals surface area (Å²) in [5.41, 5.74) is 0.412. The summed E-state index contributed by atoms with van der Waals surface area (Å²) in [7, 11) is 0. The van der Waals surface area contributed by atoms with Crippen molar-refractivity contribution in [3.63, 3.8) is 0 Å². The monoisotopic (exact) mass is 371 g/mol. The maximum atomic E-state index is 12.5. The van der Waals surface area contributed by atoms with Crippen LogP contribution in [0.5, 0.6) is 0 Å². The normalized spacial score (nSPS) is 12.6. The van der Waals surface area contributed by atoms with Crippen LogP contribution in [0.3, 0.4) is 0 Å². The Hall–Kier alpha value is -2.19. The molecule has 0 radical (unpaired) electrons. The number of amides is 1. The zero-order chi connectivity index (χ0) is 18.4. The van der Waals surface area contributed by atoms with Crippen molar-refractivity contribution in [2.45, 2.75) is 19.1 Å². The van der Waals surface area contributed by atoms with Crippen molar-refractivity contribution < 1.29 is 27.5 Å². The van der Waals surface area contributed by atoms with Crippen LogP contribution in [-0.2, 0) is 4.74 Å². The fraction of sp³-hybridized carbons (Fsp3) is 0.294. The smallest absolute Gasteiger partial charge is 0.370 e. The van der Waals surface area contributed by atoms with Gasteiger partial charge in [0.15, 0.2) is 0 Å². The van der Waals surface area contributed by atoms with Gasteiger partial charge in [-0.05, 0) is 24.4 Å². The minimum absolute atomic E-state index is 0.170. The van der Waals surface area contributed by atoms with Crippen molar-refractivity contribution in [2.24, 2.45) is 0 Å². The Labute approximate surface area is 146 Å². The molecule has 1 amide bonds. The van der Waals surface area contributed by atoms with Gasteiger partial charge in [0.05, 0.1) is 17.0 Å². The Morgan fingerprint density at radius 2 is 1.84 bits per heavy atom. The first kappa shape index (κ1) is 19.1. The molecule has 0 saturated carbocycles. The van der Waals surface area contributed by atoms with Gasteiger partial charge >= 0.3 is 6.18 Å². The van der Waals surface area contributed by atoms with Crippen LogP contribution in [0, 0.1) is 0 Å². The molecule has 1 aromatic heterocycles. The van der Waals surface area contributed by atoms with Crippen molar-refractivity contribution >= 4 is 23.0 Å². The van der Waals surface area contributed by atoms with Crippen molar-refractivity contribution in [3.05, 3.63) is 57.8 Å². The number of benzene rings is 1. The molecule has 0 bridgehead atoms. The second-order valence-corrected chi connectivity index (χ2v) is 6.30. The molecule has 25 heavy (non-hydrogen) atoms. The molecule has 1 heterocycles. The van der Waals surface area contributed by atoms with Crippen LogP contribution in [0.15, 0.2) is 41.8 Å². The van der Waals surface area contributed by atoms with Gasteiger partial charge in [-0.25, -0.2) is 0 Å². The summed E-state index contributed by atoms with van der Waals surface area (Å²) in [5, 5.41) is 4.30. The lowest BCUT2D eigenvalue weighted by atomic mass is 10.0. The molecule has 4 nitrogen and oxygen atoms in total. The molecule has 1 N–H and O–H groups in total. The first-order valence-corrected chi connectivity index (χ1v) is 8.28. The highest BCUT2D eigenvalue weighted by atomic mass is 32.1. The minimum Gasteiger partial charge on any atom is -0.370 e. The van der Waals surface area contributed by atoms with E-state index in [1.165, 1.54) is 24.3 Å². The van der Waals surface area contributed by atoms with Crippen LogP contribution < -0.4 is 5.32 Å². The van der Waals surface area contributed by atoms with E-state index in [0.717, 1.165) is 0 Å².